The SMILES string of the molecule is O=C(Nc1cccnc1Cl)c1ccc(F)c(S(=O)(=O)N2CCCCC2)c1. The molecule has 1 fully saturated rings. The van der Waals surface area contributed by atoms with Crippen molar-refractivity contribution in [3.05, 3.63) is 53.1 Å². The highest BCUT2D eigenvalue weighted by molar-refractivity contribution is 7.89. The summed E-state index contributed by atoms with van der Waals surface area (Å²) in [5.74, 6) is -1.48. The zero-order valence-corrected chi connectivity index (χ0v) is 15.4. The number of aromatic nitrogens is 1. The van der Waals surface area contributed by atoms with Crippen LogP contribution in [0.5, 0.6) is 0 Å². The van der Waals surface area contributed by atoms with Gasteiger partial charge >= 0.3 is 0 Å². The molecule has 9 heteroatoms. The molecule has 1 amide bonds. The number of pyridine rings is 1. The van der Waals surface area contributed by atoms with Crippen LogP contribution in [0.25, 0.3) is 0 Å². The van der Waals surface area contributed by atoms with Crippen LogP contribution in [0, 0.1) is 5.82 Å². The van der Waals surface area contributed by atoms with Crippen LogP contribution in [0.15, 0.2) is 41.4 Å². The maximum absolute atomic E-state index is 14.2. The van der Waals surface area contributed by atoms with Crippen molar-refractivity contribution in [3.63, 3.8) is 0 Å². The molecule has 3 rings (SSSR count). The van der Waals surface area contributed by atoms with Crippen molar-refractivity contribution >= 4 is 33.2 Å². The molecule has 0 atom stereocenters. The normalized spacial score (nSPS) is 15.6. The number of rotatable bonds is 4. The first-order valence-corrected chi connectivity index (χ1v) is 9.93. The first-order valence-electron chi connectivity index (χ1n) is 8.11. The smallest absolute Gasteiger partial charge is 0.255 e. The number of anilines is 1. The Labute approximate surface area is 156 Å². The van der Waals surface area contributed by atoms with E-state index in [0.717, 1.165) is 31.4 Å². The van der Waals surface area contributed by atoms with E-state index in [0.29, 0.717) is 13.1 Å². The minimum Gasteiger partial charge on any atom is -0.319 e. The molecular weight excluding hydrogens is 381 g/mol. The minimum absolute atomic E-state index is 0.0157. The number of sulfonamides is 1. The number of nitrogens with zero attached hydrogens (tertiary/aromatic N) is 2. The number of nitrogens with one attached hydrogen (secondary N) is 1. The van der Waals surface area contributed by atoms with E-state index in [-0.39, 0.29) is 16.4 Å². The predicted molar refractivity (Wildman–Crippen MR) is 96.2 cm³/mol. The molecule has 2 heterocycles. The summed E-state index contributed by atoms with van der Waals surface area (Å²) in [6.45, 7) is 0.701. The summed E-state index contributed by atoms with van der Waals surface area (Å²) >= 11 is 5.90. The Hall–Kier alpha value is -2.03. The van der Waals surface area contributed by atoms with E-state index in [4.69, 9.17) is 11.6 Å². The van der Waals surface area contributed by atoms with Crippen molar-refractivity contribution in [1.82, 2.24) is 9.29 Å². The molecule has 1 N–H and O–H groups in total. The van der Waals surface area contributed by atoms with Crippen LogP contribution in [0.3, 0.4) is 0 Å². The van der Waals surface area contributed by atoms with Crippen LogP contribution in [-0.4, -0.2) is 36.7 Å². The van der Waals surface area contributed by atoms with E-state index in [1.165, 1.54) is 16.6 Å². The summed E-state index contributed by atoms with van der Waals surface area (Å²) in [5.41, 5.74) is 0.297. The largest absolute Gasteiger partial charge is 0.319 e. The van der Waals surface area contributed by atoms with Crippen LogP contribution >= 0.6 is 11.6 Å². The lowest BCUT2D eigenvalue weighted by Gasteiger charge is -2.26. The second kappa shape index (κ2) is 7.69. The van der Waals surface area contributed by atoms with E-state index >= 15 is 0 Å². The van der Waals surface area contributed by atoms with E-state index in [2.05, 4.69) is 10.3 Å². The van der Waals surface area contributed by atoms with Gasteiger partial charge in [-0.1, -0.05) is 18.0 Å². The maximum Gasteiger partial charge on any atom is 0.255 e. The molecule has 0 aliphatic carbocycles. The fourth-order valence-corrected chi connectivity index (χ4v) is 4.53. The van der Waals surface area contributed by atoms with E-state index in [9.17, 15) is 17.6 Å². The van der Waals surface area contributed by atoms with Gasteiger partial charge in [0.1, 0.15) is 10.7 Å². The fourth-order valence-electron chi connectivity index (χ4n) is 2.76. The molecule has 1 saturated heterocycles. The Bertz CT molecular complexity index is 931. The Kier molecular flexibility index (Phi) is 5.55. The second-order valence-corrected chi connectivity index (χ2v) is 8.17. The molecule has 26 heavy (non-hydrogen) atoms. The molecule has 2 aromatic rings. The van der Waals surface area contributed by atoms with Gasteiger partial charge < -0.3 is 5.32 Å². The van der Waals surface area contributed by atoms with Crippen molar-refractivity contribution in [3.8, 4) is 0 Å². The lowest BCUT2D eigenvalue weighted by molar-refractivity contribution is 0.102. The molecular formula is C17H17ClFN3O3S. The van der Waals surface area contributed by atoms with Crippen molar-refractivity contribution in [2.24, 2.45) is 0 Å². The van der Waals surface area contributed by atoms with Gasteiger partial charge in [-0.3, -0.25) is 4.79 Å². The zero-order chi connectivity index (χ0) is 18.7. The van der Waals surface area contributed by atoms with Crippen LogP contribution in [0.2, 0.25) is 5.15 Å². The number of carbonyl (C=O) groups excluding carboxylic acids is 1. The highest BCUT2D eigenvalue weighted by Gasteiger charge is 2.29. The number of piperidine rings is 1. The highest BCUT2D eigenvalue weighted by Crippen LogP contribution is 2.25. The first-order chi connectivity index (χ1) is 12.4. The lowest BCUT2D eigenvalue weighted by Crippen LogP contribution is -2.36. The van der Waals surface area contributed by atoms with Gasteiger partial charge in [0.25, 0.3) is 5.91 Å². The van der Waals surface area contributed by atoms with Gasteiger partial charge in [-0.05, 0) is 43.2 Å². The molecule has 0 bridgehead atoms. The van der Waals surface area contributed by atoms with Gasteiger partial charge in [0.05, 0.1) is 5.69 Å². The van der Waals surface area contributed by atoms with Gasteiger partial charge in [-0.25, -0.2) is 17.8 Å². The number of halogens is 2. The second-order valence-electron chi connectivity index (χ2n) is 5.91. The molecule has 1 aliphatic rings. The highest BCUT2D eigenvalue weighted by atomic mass is 35.5. The van der Waals surface area contributed by atoms with Crippen molar-refractivity contribution in [2.75, 3.05) is 18.4 Å². The fraction of sp³-hybridized carbons (Fsp3) is 0.294. The van der Waals surface area contributed by atoms with Crippen LogP contribution in [-0.2, 0) is 10.0 Å². The number of carbonyl (C=O) groups is 1. The quantitative estimate of drug-likeness (QED) is 0.803. The third kappa shape index (κ3) is 3.87. The molecule has 0 radical (unpaired) electrons. The Morgan fingerprint density at radius 1 is 1.19 bits per heavy atom. The third-order valence-corrected chi connectivity index (χ3v) is 6.35. The van der Waals surface area contributed by atoms with E-state index in [1.807, 2.05) is 0 Å². The van der Waals surface area contributed by atoms with Crippen molar-refractivity contribution in [2.45, 2.75) is 24.2 Å². The zero-order valence-electron chi connectivity index (χ0n) is 13.8. The summed E-state index contributed by atoms with van der Waals surface area (Å²) in [4.78, 5) is 15.8. The summed E-state index contributed by atoms with van der Waals surface area (Å²) < 4.78 is 40.9. The Balaban J connectivity index is 1.90. The van der Waals surface area contributed by atoms with Crippen LogP contribution in [0.1, 0.15) is 29.6 Å². The first kappa shape index (κ1) is 18.8. The van der Waals surface area contributed by atoms with Gasteiger partial charge in [0, 0.05) is 24.8 Å². The van der Waals surface area contributed by atoms with Crippen molar-refractivity contribution < 1.29 is 17.6 Å². The Morgan fingerprint density at radius 3 is 2.62 bits per heavy atom. The van der Waals surface area contributed by atoms with E-state index < -0.39 is 26.6 Å². The maximum atomic E-state index is 14.2. The van der Waals surface area contributed by atoms with Gasteiger partial charge in [0.15, 0.2) is 5.15 Å². The molecule has 1 aromatic carbocycles. The molecule has 6 nitrogen and oxygen atoms in total. The molecule has 138 valence electrons. The average molecular weight is 398 g/mol. The minimum atomic E-state index is -3.99. The topological polar surface area (TPSA) is 79.4 Å². The number of hydrogen-bond donors (Lipinski definition) is 1. The van der Waals surface area contributed by atoms with Crippen LogP contribution < -0.4 is 5.32 Å². The van der Waals surface area contributed by atoms with Gasteiger partial charge in [0.2, 0.25) is 10.0 Å². The molecule has 1 aromatic heterocycles. The number of hydrogen-bond acceptors (Lipinski definition) is 4. The number of amides is 1. The molecule has 0 saturated carbocycles. The van der Waals surface area contributed by atoms with Crippen LogP contribution in [0.4, 0.5) is 10.1 Å². The lowest BCUT2D eigenvalue weighted by atomic mass is 10.2. The van der Waals surface area contributed by atoms with Gasteiger partial charge in [-0.15, -0.1) is 0 Å². The number of benzene rings is 1. The standard InChI is InChI=1S/C17H17ClFN3O3S/c18-16-14(5-4-8-20-16)21-17(23)12-6-7-13(19)15(11-12)26(24,25)22-9-2-1-3-10-22/h4-8,11H,1-3,9-10H2,(H,21,23). The monoisotopic (exact) mass is 397 g/mol. The third-order valence-electron chi connectivity index (χ3n) is 4.13. The molecule has 1 aliphatic heterocycles. The van der Waals surface area contributed by atoms with E-state index in [1.54, 1.807) is 12.1 Å². The predicted octanol–water partition coefficient (Wildman–Crippen LogP) is 3.30. The summed E-state index contributed by atoms with van der Waals surface area (Å²) in [7, 11) is -3.99. The Morgan fingerprint density at radius 2 is 1.92 bits per heavy atom. The average Bonchev–Trinajstić information content (AvgIpc) is 2.64. The molecule has 0 unspecified atom stereocenters. The summed E-state index contributed by atoms with van der Waals surface area (Å²) in [6, 6.07) is 6.42. The molecule has 0 spiro atoms. The summed E-state index contributed by atoms with van der Waals surface area (Å²) in [5, 5.41) is 2.64. The van der Waals surface area contributed by atoms with Gasteiger partial charge in [-0.2, -0.15) is 4.31 Å². The van der Waals surface area contributed by atoms with Crippen molar-refractivity contribution in [1.29, 1.82) is 0 Å². The summed E-state index contributed by atoms with van der Waals surface area (Å²) in [6.07, 6.45) is 3.89.